The number of likely N-dealkylation sites (tertiary alicyclic amines) is 1. The Labute approximate surface area is 173 Å². The molecule has 30 heavy (non-hydrogen) atoms. The van der Waals surface area contributed by atoms with Crippen LogP contribution in [0.1, 0.15) is 27.4 Å². The van der Waals surface area contributed by atoms with Gasteiger partial charge in [0.05, 0.1) is 23.8 Å². The van der Waals surface area contributed by atoms with Crippen LogP contribution in [0.3, 0.4) is 0 Å². The number of hydrogen-bond donors (Lipinski definition) is 0. The summed E-state index contributed by atoms with van der Waals surface area (Å²) in [6, 6.07) is 15.7. The van der Waals surface area contributed by atoms with Crippen LogP contribution in [0.5, 0.6) is 0 Å². The van der Waals surface area contributed by atoms with Crippen LogP contribution in [0.2, 0.25) is 0 Å². The number of hydrogen-bond acceptors (Lipinski definition) is 5. The molecule has 0 aromatic heterocycles. The molecular weight excluding hydrogens is 380 g/mol. The molecule has 2 aromatic carbocycles. The highest BCUT2D eigenvalue weighted by molar-refractivity contribution is 6.17. The number of piperidine rings is 1. The van der Waals surface area contributed by atoms with Crippen molar-refractivity contribution >= 4 is 23.4 Å². The Morgan fingerprint density at radius 1 is 0.867 bits per heavy atom. The van der Waals surface area contributed by atoms with Gasteiger partial charge in [-0.15, -0.1) is 0 Å². The van der Waals surface area contributed by atoms with Crippen molar-refractivity contribution in [3.05, 3.63) is 71.3 Å². The Balaban J connectivity index is 1.56. The van der Waals surface area contributed by atoms with Gasteiger partial charge in [0.25, 0.3) is 0 Å². The van der Waals surface area contributed by atoms with E-state index in [9.17, 15) is 19.2 Å². The second kappa shape index (κ2) is 5.95. The molecule has 6 rings (SSSR count). The molecule has 0 N–H and O–H groups in total. The van der Waals surface area contributed by atoms with Crippen molar-refractivity contribution in [2.24, 2.45) is 17.8 Å². The lowest BCUT2D eigenvalue weighted by atomic mass is 9.67. The number of nitrogens with zero attached hydrogens (tertiary/aromatic N) is 2. The molecule has 2 amide bonds. The Kier molecular flexibility index (Phi) is 3.51. The maximum absolute atomic E-state index is 13.8. The first-order valence-corrected chi connectivity index (χ1v) is 10.3. The van der Waals surface area contributed by atoms with Crippen molar-refractivity contribution in [2.45, 2.75) is 24.5 Å². The number of Topliss-reactive ketones (excluding diaryl/α,β-unsaturated/α-hetero) is 2. The molecule has 0 aliphatic carbocycles. The first-order valence-electron chi connectivity index (χ1n) is 10.3. The summed E-state index contributed by atoms with van der Waals surface area (Å²) in [5.41, 5.74) is 2.51. The number of imide groups is 1. The van der Waals surface area contributed by atoms with Gasteiger partial charge in [0.1, 0.15) is 0 Å². The molecule has 6 heteroatoms. The van der Waals surface area contributed by atoms with Gasteiger partial charge in [-0.1, -0.05) is 54.6 Å². The molecule has 4 aliphatic rings. The monoisotopic (exact) mass is 400 g/mol. The van der Waals surface area contributed by atoms with Crippen LogP contribution in [0.4, 0.5) is 0 Å². The van der Waals surface area contributed by atoms with Crippen molar-refractivity contribution in [2.75, 3.05) is 7.05 Å². The number of carbonyl (C=O) groups excluding carboxylic acids is 4. The van der Waals surface area contributed by atoms with E-state index in [0.717, 1.165) is 11.1 Å². The lowest BCUT2D eigenvalue weighted by molar-refractivity contribution is -0.145. The van der Waals surface area contributed by atoms with E-state index in [0.29, 0.717) is 12.1 Å². The maximum Gasteiger partial charge on any atom is 0.234 e. The molecule has 2 aromatic rings. The Morgan fingerprint density at radius 3 is 2.30 bits per heavy atom. The molecule has 4 bridgehead atoms. The zero-order chi connectivity index (χ0) is 20.7. The van der Waals surface area contributed by atoms with Gasteiger partial charge in [-0.2, -0.15) is 0 Å². The van der Waals surface area contributed by atoms with Crippen LogP contribution in [0, 0.1) is 17.8 Å². The number of fused-ring (bicyclic) bond motifs is 4. The molecule has 4 heterocycles. The van der Waals surface area contributed by atoms with E-state index in [4.69, 9.17) is 0 Å². The minimum absolute atomic E-state index is 0.217. The summed E-state index contributed by atoms with van der Waals surface area (Å²) in [6.07, 6.45) is 0. The highest BCUT2D eigenvalue weighted by Crippen LogP contribution is 2.57. The topological polar surface area (TPSA) is 74.8 Å². The van der Waals surface area contributed by atoms with Crippen LogP contribution in [0.25, 0.3) is 0 Å². The zero-order valence-corrected chi connectivity index (χ0v) is 16.4. The van der Waals surface area contributed by atoms with E-state index in [2.05, 4.69) is 0 Å². The van der Waals surface area contributed by atoms with Gasteiger partial charge in [-0.3, -0.25) is 29.0 Å². The molecule has 2 unspecified atom stereocenters. The molecule has 3 fully saturated rings. The molecule has 7 atom stereocenters. The molecule has 150 valence electrons. The van der Waals surface area contributed by atoms with Crippen LogP contribution in [0.15, 0.2) is 54.6 Å². The van der Waals surface area contributed by atoms with Gasteiger partial charge in [-0.05, 0) is 11.1 Å². The normalized spacial score (nSPS) is 36.0. The minimum Gasteiger partial charge on any atom is -0.297 e. The fourth-order valence-electron chi connectivity index (χ4n) is 6.32. The third kappa shape index (κ3) is 2.02. The van der Waals surface area contributed by atoms with Crippen molar-refractivity contribution in [3.63, 3.8) is 0 Å². The van der Waals surface area contributed by atoms with E-state index in [1.807, 2.05) is 35.2 Å². The first kappa shape index (κ1) is 17.7. The van der Waals surface area contributed by atoms with Crippen molar-refractivity contribution in [3.8, 4) is 0 Å². The molecular formula is C24H20N2O4. The summed E-state index contributed by atoms with van der Waals surface area (Å²) in [7, 11) is 1.49. The minimum atomic E-state index is -0.878. The lowest BCUT2D eigenvalue weighted by Crippen LogP contribution is -2.60. The van der Waals surface area contributed by atoms with Gasteiger partial charge in [0, 0.05) is 31.1 Å². The average molecular weight is 400 g/mol. The molecule has 0 radical (unpaired) electrons. The van der Waals surface area contributed by atoms with E-state index in [1.54, 1.807) is 24.3 Å². The largest absolute Gasteiger partial charge is 0.297 e. The molecule has 4 aliphatic heterocycles. The van der Waals surface area contributed by atoms with Gasteiger partial charge in [-0.25, -0.2) is 0 Å². The smallest absolute Gasteiger partial charge is 0.234 e. The van der Waals surface area contributed by atoms with Crippen molar-refractivity contribution < 1.29 is 19.2 Å². The van der Waals surface area contributed by atoms with Crippen molar-refractivity contribution in [1.29, 1.82) is 0 Å². The van der Waals surface area contributed by atoms with Gasteiger partial charge in [0.15, 0.2) is 11.6 Å². The van der Waals surface area contributed by atoms with Crippen LogP contribution in [-0.4, -0.2) is 52.3 Å². The lowest BCUT2D eigenvalue weighted by Gasteiger charge is -2.49. The van der Waals surface area contributed by atoms with E-state index in [-0.39, 0.29) is 29.4 Å². The van der Waals surface area contributed by atoms with E-state index >= 15 is 0 Å². The SMILES string of the molecule is CN1C(=O)[C@@H]2[C@H](C1=O)[C@H]1C(=O)[C@H](C(=O)c3ccccc3)C3c4ccccc4CN1[C@H]32. The number of amides is 2. The fraction of sp³-hybridized carbons (Fsp3) is 0.333. The predicted molar refractivity (Wildman–Crippen MR) is 106 cm³/mol. The van der Waals surface area contributed by atoms with E-state index < -0.39 is 29.7 Å². The third-order valence-electron chi connectivity index (χ3n) is 7.50. The van der Waals surface area contributed by atoms with Crippen LogP contribution >= 0.6 is 0 Å². The highest BCUT2D eigenvalue weighted by Gasteiger charge is 2.71. The quantitative estimate of drug-likeness (QED) is 0.435. The fourth-order valence-corrected chi connectivity index (χ4v) is 6.32. The molecule has 6 nitrogen and oxygen atoms in total. The Bertz CT molecular complexity index is 1130. The Hall–Kier alpha value is -3.12. The number of carbonyl (C=O) groups is 4. The number of ketones is 2. The number of rotatable bonds is 2. The molecule has 3 saturated heterocycles. The van der Waals surface area contributed by atoms with Crippen LogP contribution < -0.4 is 0 Å². The summed E-state index contributed by atoms with van der Waals surface area (Å²) in [4.78, 5) is 56.5. The zero-order valence-electron chi connectivity index (χ0n) is 16.4. The summed E-state index contributed by atoms with van der Waals surface area (Å²) >= 11 is 0. The molecule has 0 saturated carbocycles. The van der Waals surface area contributed by atoms with Gasteiger partial charge < -0.3 is 0 Å². The number of benzene rings is 2. The Morgan fingerprint density at radius 2 is 1.53 bits per heavy atom. The second-order valence-electron chi connectivity index (χ2n) is 8.73. The summed E-state index contributed by atoms with van der Waals surface area (Å²) in [5, 5.41) is 0. The summed E-state index contributed by atoms with van der Waals surface area (Å²) in [6.45, 7) is 0.525. The standard InChI is InChI=1S/C24H20N2O4/c1-25-23(29)16-17(24(25)30)20-22(28)18(21(27)12-7-3-2-4-8-12)15-14-10-6-5-9-13(14)11-26(20)19(15)16/h2-10,15-20H,11H2,1H3/t15?,16-,17+,18+,19-,20+/m1/s1. The maximum atomic E-state index is 13.8. The van der Waals surface area contributed by atoms with Crippen molar-refractivity contribution in [1.82, 2.24) is 9.80 Å². The van der Waals surface area contributed by atoms with E-state index in [1.165, 1.54) is 11.9 Å². The highest BCUT2D eigenvalue weighted by atomic mass is 16.2. The summed E-state index contributed by atoms with van der Waals surface area (Å²) in [5.74, 6) is -3.52. The third-order valence-corrected chi connectivity index (χ3v) is 7.50. The van der Waals surface area contributed by atoms with Crippen LogP contribution in [-0.2, 0) is 20.9 Å². The molecule has 0 spiro atoms. The van der Waals surface area contributed by atoms with Gasteiger partial charge in [0.2, 0.25) is 11.8 Å². The summed E-state index contributed by atoms with van der Waals surface area (Å²) < 4.78 is 0. The second-order valence-corrected chi connectivity index (χ2v) is 8.73. The first-order chi connectivity index (χ1) is 14.5. The average Bonchev–Trinajstić information content (AvgIpc) is 3.16. The van der Waals surface area contributed by atoms with Gasteiger partial charge >= 0.3 is 0 Å². The predicted octanol–water partition coefficient (Wildman–Crippen LogP) is 1.65.